The second-order valence-electron chi connectivity index (χ2n) is 6.05. The molecular weight excluding hydrogens is 254 g/mol. The van der Waals surface area contributed by atoms with Gasteiger partial charge in [0.2, 0.25) is 5.91 Å². The van der Waals surface area contributed by atoms with Gasteiger partial charge < -0.3 is 10.6 Å². The maximum Gasteiger partial charge on any atom is 0.220 e. The normalized spacial score (nSPS) is 28.5. The Morgan fingerprint density at radius 3 is 2.85 bits per heavy atom. The number of piperidine rings is 1. The molecule has 20 heavy (non-hydrogen) atoms. The largest absolute Gasteiger partial charge is 0.356 e. The molecule has 2 unspecified atom stereocenters. The second-order valence-corrected chi connectivity index (χ2v) is 6.05. The molecule has 110 valence electrons. The van der Waals surface area contributed by atoms with Crippen LogP contribution in [0.2, 0.25) is 0 Å². The van der Waals surface area contributed by atoms with Crippen LogP contribution in [0.15, 0.2) is 12.4 Å². The third-order valence-corrected chi connectivity index (χ3v) is 4.40. The Hall–Kier alpha value is -1.43. The van der Waals surface area contributed by atoms with Crippen LogP contribution in [0.1, 0.15) is 38.5 Å². The van der Waals surface area contributed by atoms with Crippen molar-refractivity contribution in [2.45, 2.75) is 57.2 Å². The molecule has 2 aliphatic heterocycles. The van der Waals surface area contributed by atoms with Gasteiger partial charge in [0.05, 0.1) is 6.20 Å². The van der Waals surface area contributed by atoms with Crippen molar-refractivity contribution >= 4 is 5.91 Å². The highest BCUT2D eigenvalue weighted by atomic mass is 16.1. The molecule has 0 aromatic carbocycles. The molecule has 2 bridgehead atoms. The summed E-state index contributed by atoms with van der Waals surface area (Å²) in [7, 11) is 0. The average Bonchev–Trinajstić information content (AvgIpc) is 3.05. The van der Waals surface area contributed by atoms with Crippen molar-refractivity contribution in [2.75, 3.05) is 6.54 Å². The molecule has 6 heteroatoms. The van der Waals surface area contributed by atoms with E-state index in [0.29, 0.717) is 24.4 Å². The van der Waals surface area contributed by atoms with Crippen LogP contribution >= 0.6 is 0 Å². The van der Waals surface area contributed by atoms with E-state index in [1.165, 1.54) is 25.7 Å². The van der Waals surface area contributed by atoms with Crippen LogP contribution in [0.5, 0.6) is 0 Å². The van der Waals surface area contributed by atoms with E-state index in [1.54, 1.807) is 10.9 Å². The van der Waals surface area contributed by atoms with Crippen LogP contribution in [0.4, 0.5) is 0 Å². The zero-order valence-electron chi connectivity index (χ0n) is 11.8. The molecule has 3 rings (SSSR count). The van der Waals surface area contributed by atoms with Crippen molar-refractivity contribution in [2.24, 2.45) is 5.92 Å². The van der Waals surface area contributed by atoms with E-state index >= 15 is 0 Å². The third-order valence-electron chi connectivity index (χ3n) is 4.40. The van der Waals surface area contributed by atoms with Gasteiger partial charge in [-0.1, -0.05) is 5.21 Å². The fourth-order valence-corrected chi connectivity index (χ4v) is 3.50. The summed E-state index contributed by atoms with van der Waals surface area (Å²) in [4.78, 5) is 11.9. The summed E-state index contributed by atoms with van der Waals surface area (Å²) in [6, 6.07) is 1.33. The topological polar surface area (TPSA) is 71.8 Å². The summed E-state index contributed by atoms with van der Waals surface area (Å²) in [5, 5.41) is 14.3. The first-order chi connectivity index (χ1) is 9.79. The number of rotatable bonds is 6. The fourth-order valence-electron chi connectivity index (χ4n) is 3.50. The minimum atomic E-state index is 0.204. The van der Waals surface area contributed by atoms with E-state index in [2.05, 4.69) is 20.9 Å². The van der Waals surface area contributed by atoms with Gasteiger partial charge in [-0.15, -0.1) is 5.10 Å². The van der Waals surface area contributed by atoms with E-state index in [4.69, 9.17) is 0 Å². The van der Waals surface area contributed by atoms with Crippen LogP contribution < -0.4 is 10.6 Å². The van der Waals surface area contributed by atoms with Crippen LogP contribution in [0.25, 0.3) is 0 Å². The zero-order valence-corrected chi connectivity index (χ0v) is 11.8. The third kappa shape index (κ3) is 3.56. The Kier molecular flexibility index (Phi) is 4.30. The minimum absolute atomic E-state index is 0.204. The highest BCUT2D eigenvalue weighted by Crippen LogP contribution is 2.32. The minimum Gasteiger partial charge on any atom is -0.356 e. The van der Waals surface area contributed by atoms with Crippen LogP contribution in [0.3, 0.4) is 0 Å². The maximum atomic E-state index is 11.9. The van der Waals surface area contributed by atoms with Gasteiger partial charge in [-0.05, 0) is 38.0 Å². The molecule has 2 atom stereocenters. The molecule has 0 spiro atoms. The number of amides is 1. The van der Waals surface area contributed by atoms with Gasteiger partial charge in [-0.3, -0.25) is 9.48 Å². The summed E-state index contributed by atoms with van der Waals surface area (Å²) in [6.07, 6.45) is 10.0. The number of hydrogen-bond donors (Lipinski definition) is 2. The number of nitrogens with zero attached hydrogens (tertiary/aromatic N) is 3. The fraction of sp³-hybridized carbons (Fsp3) is 0.786. The quantitative estimate of drug-likeness (QED) is 0.751. The Morgan fingerprint density at radius 1 is 1.35 bits per heavy atom. The first-order valence-electron chi connectivity index (χ1n) is 7.66. The van der Waals surface area contributed by atoms with Gasteiger partial charge in [-0.25, -0.2) is 0 Å². The van der Waals surface area contributed by atoms with E-state index in [9.17, 15) is 4.79 Å². The number of carbonyl (C=O) groups is 1. The lowest BCUT2D eigenvalue weighted by Gasteiger charge is -2.28. The van der Waals surface area contributed by atoms with Gasteiger partial charge in [0, 0.05) is 37.8 Å². The first kappa shape index (κ1) is 13.5. The highest BCUT2D eigenvalue weighted by Gasteiger charge is 2.33. The van der Waals surface area contributed by atoms with Gasteiger partial charge >= 0.3 is 0 Å². The monoisotopic (exact) mass is 277 g/mol. The van der Waals surface area contributed by atoms with Crippen molar-refractivity contribution in [1.29, 1.82) is 0 Å². The van der Waals surface area contributed by atoms with Crippen LogP contribution in [0, 0.1) is 5.92 Å². The van der Waals surface area contributed by atoms with Gasteiger partial charge in [0.15, 0.2) is 0 Å². The Balaban J connectivity index is 1.31. The SMILES string of the molecule is O=C(CC1CC2CCC(C1)N2)NCCCn1ccnn1. The molecule has 3 heterocycles. The van der Waals surface area contributed by atoms with Crippen molar-refractivity contribution in [3.63, 3.8) is 0 Å². The molecule has 2 N–H and O–H groups in total. The summed E-state index contributed by atoms with van der Waals surface area (Å²) in [5.41, 5.74) is 0. The average molecular weight is 277 g/mol. The molecule has 0 aliphatic carbocycles. The van der Waals surface area contributed by atoms with Crippen molar-refractivity contribution in [1.82, 2.24) is 25.6 Å². The predicted molar refractivity (Wildman–Crippen MR) is 74.9 cm³/mol. The van der Waals surface area contributed by atoms with Gasteiger partial charge in [0.1, 0.15) is 0 Å². The molecule has 1 aromatic heterocycles. The number of aryl methyl sites for hydroxylation is 1. The number of nitrogens with one attached hydrogen (secondary N) is 2. The summed E-state index contributed by atoms with van der Waals surface area (Å²) < 4.78 is 1.79. The smallest absolute Gasteiger partial charge is 0.220 e. The molecule has 0 radical (unpaired) electrons. The number of carbonyl (C=O) groups excluding carboxylic acids is 1. The Labute approximate surface area is 119 Å². The highest BCUT2D eigenvalue weighted by molar-refractivity contribution is 5.76. The summed E-state index contributed by atoms with van der Waals surface area (Å²) >= 11 is 0. The van der Waals surface area contributed by atoms with Crippen molar-refractivity contribution in [3.05, 3.63) is 12.4 Å². The van der Waals surface area contributed by atoms with Crippen molar-refractivity contribution in [3.8, 4) is 0 Å². The van der Waals surface area contributed by atoms with E-state index in [1.807, 2.05) is 6.20 Å². The standard InChI is InChI=1S/C14H23N5O/c20-14(15-4-1-6-19-7-5-16-18-19)10-11-8-12-2-3-13(9-11)17-12/h5,7,11-13,17H,1-4,6,8-10H2,(H,15,20). The molecule has 1 aromatic rings. The van der Waals surface area contributed by atoms with Gasteiger partial charge in [-0.2, -0.15) is 0 Å². The molecule has 2 aliphatic rings. The maximum absolute atomic E-state index is 11.9. The molecular formula is C14H23N5O. The Bertz CT molecular complexity index is 421. The lowest BCUT2D eigenvalue weighted by atomic mass is 9.89. The zero-order chi connectivity index (χ0) is 13.8. The van der Waals surface area contributed by atoms with Crippen LogP contribution in [-0.4, -0.2) is 39.5 Å². The molecule has 2 saturated heterocycles. The number of aromatic nitrogens is 3. The lowest BCUT2D eigenvalue weighted by molar-refractivity contribution is -0.122. The van der Waals surface area contributed by atoms with E-state index in [0.717, 1.165) is 19.5 Å². The molecule has 6 nitrogen and oxygen atoms in total. The lowest BCUT2D eigenvalue weighted by Crippen LogP contribution is -2.39. The van der Waals surface area contributed by atoms with Crippen molar-refractivity contribution < 1.29 is 4.79 Å². The number of fused-ring (bicyclic) bond motifs is 2. The van der Waals surface area contributed by atoms with Crippen LogP contribution in [-0.2, 0) is 11.3 Å². The predicted octanol–water partition coefficient (Wildman–Crippen LogP) is 0.705. The van der Waals surface area contributed by atoms with E-state index < -0.39 is 0 Å². The van der Waals surface area contributed by atoms with E-state index in [-0.39, 0.29) is 5.91 Å². The summed E-state index contributed by atoms with van der Waals surface area (Å²) in [5.74, 6) is 0.777. The second kappa shape index (κ2) is 6.35. The summed E-state index contributed by atoms with van der Waals surface area (Å²) in [6.45, 7) is 1.52. The molecule has 2 fully saturated rings. The van der Waals surface area contributed by atoms with Gasteiger partial charge in [0.25, 0.3) is 0 Å². The molecule has 1 amide bonds. The number of hydrogen-bond acceptors (Lipinski definition) is 4. The first-order valence-corrected chi connectivity index (χ1v) is 7.66. The Morgan fingerprint density at radius 2 is 2.15 bits per heavy atom. The molecule has 0 saturated carbocycles.